The number of carbonyl (C=O) groups is 3. The first-order valence-electron chi connectivity index (χ1n) is 9.51. The maximum atomic E-state index is 13.0. The number of methoxy groups -OCH3 is 1. The number of hydrogen-bond donors (Lipinski definition) is 1. The summed E-state index contributed by atoms with van der Waals surface area (Å²) in [6.45, 7) is 5.82. The topological polar surface area (TPSA) is 84.9 Å². The minimum Gasteiger partial charge on any atom is -0.493 e. The summed E-state index contributed by atoms with van der Waals surface area (Å²) in [5, 5.41) is 2.43. The molecule has 0 spiro atoms. The van der Waals surface area contributed by atoms with Gasteiger partial charge in [0.25, 0.3) is 11.8 Å². The largest absolute Gasteiger partial charge is 0.493 e. The van der Waals surface area contributed by atoms with Gasteiger partial charge in [-0.2, -0.15) is 0 Å². The van der Waals surface area contributed by atoms with Crippen LogP contribution in [-0.4, -0.2) is 31.6 Å². The van der Waals surface area contributed by atoms with E-state index in [2.05, 4.69) is 11.9 Å². The lowest BCUT2D eigenvalue weighted by atomic mass is 10.1. The summed E-state index contributed by atoms with van der Waals surface area (Å²) in [4.78, 5) is 38.7. The van der Waals surface area contributed by atoms with E-state index in [4.69, 9.17) is 21.1 Å². The molecule has 1 aliphatic heterocycles. The van der Waals surface area contributed by atoms with Gasteiger partial charge < -0.3 is 9.47 Å². The molecular formula is C23H21ClN2O5. The molecule has 0 saturated carbocycles. The number of hydrogen-bond acceptors (Lipinski definition) is 5. The van der Waals surface area contributed by atoms with Crippen LogP contribution in [0, 0.1) is 0 Å². The first kappa shape index (κ1) is 22.1. The van der Waals surface area contributed by atoms with Crippen LogP contribution in [0.25, 0.3) is 6.08 Å². The first-order valence-corrected chi connectivity index (χ1v) is 9.89. The van der Waals surface area contributed by atoms with Gasteiger partial charge in [0.1, 0.15) is 12.2 Å². The molecule has 4 amide bonds. The number of nitrogens with zero attached hydrogens (tertiary/aromatic N) is 1. The summed E-state index contributed by atoms with van der Waals surface area (Å²) in [5.41, 5.74) is 1.64. The predicted octanol–water partition coefficient (Wildman–Crippen LogP) is 4.14. The molecule has 2 aromatic carbocycles. The number of anilines is 1. The van der Waals surface area contributed by atoms with Gasteiger partial charge in [-0.15, -0.1) is 0 Å². The second-order valence-corrected chi connectivity index (χ2v) is 7.02. The molecular weight excluding hydrogens is 420 g/mol. The summed E-state index contributed by atoms with van der Waals surface area (Å²) in [6.07, 6.45) is 3.73. The number of amides is 4. The lowest BCUT2D eigenvalue weighted by Crippen LogP contribution is -2.54. The highest BCUT2D eigenvalue weighted by molar-refractivity contribution is 6.39. The molecule has 0 radical (unpaired) electrons. The van der Waals surface area contributed by atoms with Crippen LogP contribution in [0.3, 0.4) is 0 Å². The van der Waals surface area contributed by atoms with E-state index in [0.29, 0.717) is 22.7 Å². The molecule has 0 atom stereocenters. The lowest BCUT2D eigenvalue weighted by Gasteiger charge is -2.26. The average Bonchev–Trinajstić information content (AvgIpc) is 2.76. The maximum Gasteiger partial charge on any atom is 0.335 e. The standard InChI is InChI=1S/C23H21ClN2O5/c1-4-10-31-20-18(24)12-15(13-19(20)30-3)11-17-21(27)25-23(29)26(22(17)28)16-8-6-14(5-2)7-9-16/h4,6-9,11-13H,1,5,10H2,2-3H3,(H,25,27,29)/b17-11-. The van der Waals surface area contributed by atoms with Crippen LogP contribution >= 0.6 is 11.6 Å². The molecule has 1 N–H and O–H groups in total. The fourth-order valence-electron chi connectivity index (χ4n) is 3.04. The van der Waals surface area contributed by atoms with Gasteiger partial charge >= 0.3 is 6.03 Å². The Kier molecular flexibility index (Phi) is 6.77. The monoisotopic (exact) mass is 440 g/mol. The van der Waals surface area contributed by atoms with Crippen molar-refractivity contribution in [2.75, 3.05) is 18.6 Å². The molecule has 1 saturated heterocycles. The van der Waals surface area contributed by atoms with E-state index >= 15 is 0 Å². The Bertz CT molecular complexity index is 1080. The third-order valence-corrected chi connectivity index (χ3v) is 4.89. The SMILES string of the molecule is C=CCOc1c(Cl)cc(/C=C2/C(=O)NC(=O)N(c3ccc(CC)cc3)C2=O)cc1OC. The van der Waals surface area contributed by atoms with E-state index in [1.165, 1.54) is 19.3 Å². The van der Waals surface area contributed by atoms with Crippen LogP contribution in [-0.2, 0) is 16.0 Å². The fraction of sp³-hybridized carbons (Fsp3) is 0.174. The molecule has 160 valence electrons. The third kappa shape index (κ3) is 4.62. The zero-order valence-corrected chi connectivity index (χ0v) is 17.9. The molecule has 31 heavy (non-hydrogen) atoms. The number of halogens is 1. The minimum atomic E-state index is -0.805. The Morgan fingerprint density at radius 3 is 2.48 bits per heavy atom. The quantitative estimate of drug-likeness (QED) is 0.397. The summed E-state index contributed by atoms with van der Waals surface area (Å²) >= 11 is 6.30. The Hall–Kier alpha value is -3.58. The van der Waals surface area contributed by atoms with Crippen molar-refractivity contribution in [2.24, 2.45) is 0 Å². The fourth-order valence-corrected chi connectivity index (χ4v) is 3.32. The molecule has 0 unspecified atom stereocenters. The van der Waals surface area contributed by atoms with Gasteiger partial charge in [0, 0.05) is 0 Å². The smallest absolute Gasteiger partial charge is 0.335 e. The van der Waals surface area contributed by atoms with Crippen LogP contribution in [0.15, 0.2) is 54.6 Å². The van der Waals surface area contributed by atoms with E-state index in [1.807, 2.05) is 19.1 Å². The van der Waals surface area contributed by atoms with E-state index < -0.39 is 17.8 Å². The van der Waals surface area contributed by atoms with Crippen molar-refractivity contribution in [1.82, 2.24) is 5.32 Å². The van der Waals surface area contributed by atoms with Crippen LogP contribution in [0.5, 0.6) is 11.5 Å². The summed E-state index contributed by atoms with van der Waals surface area (Å²) in [5.74, 6) is -0.884. The van der Waals surface area contributed by atoms with Crippen LogP contribution < -0.4 is 19.7 Å². The molecule has 1 aliphatic rings. The zero-order valence-electron chi connectivity index (χ0n) is 17.1. The summed E-state index contributed by atoms with van der Waals surface area (Å²) < 4.78 is 10.8. The van der Waals surface area contributed by atoms with Crippen molar-refractivity contribution in [1.29, 1.82) is 0 Å². The highest BCUT2D eigenvalue weighted by atomic mass is 35.5. The van der Waals surface area contributed by atoms with Crippen molar-refractivity contribution in [3.63, 3.8) is 0 Å². The molecule has 0 aliphatic carbocycles. The number of nitrogens with one attached hydrogen (secondary N) is 1. The van der Waals surface area contributed by atoms with Crippen LogP contribution in [0.1, 0.15) is 18.1 Å². The van der Waals surface area contributed by atoms with Crippen molar-refractivity contribution in [3.05, 3.63) is 70.8 Å². The van der Waals surface area contributed by atoms with E-state index in [-0.39, 0.29) is 17.2 Å². The van der Waals surface area contributed by atoms with Crippen molar-refractivity contribution in [2.45, 2.75) is 13.3 Å². The van der Waals surface area contributed by atoms with E-state index in [1.54, 1.807) is 24.3 Å². The molecule has 3 rings (SSSR count). The van der Waals surface area contributed by atoms with Crippen LogP contribution in [0.4, 0.5) is 10.5 Å². The number of barbiturate groups is 1. The second-order valence-electron chi connectivity index (χ2n) is 6.61. The molecule has 7 nitrogen and oxygen atoms in total. The average molecular weight is 441 g/mol. The molecule has 0 aromatic heterocycles. The van der Waals surface area contributed by atoms with Crippen molar-refractivity contribution >= 4 is 41.2 Å². The molecule has 2 aromatic rings. The van der Waals surface area contributed by atoms with Crippen molar-refractivity contribution in [3.8, 4) is 11.5 Å². The third-order valence-electron chi connectivity index (χ3n) is 4.61. The maximum absolute atomic E-state index is 13.0. The van der Waals surface area contributed by atoms with Gasteiger partial charge in [0.05, 0.1) is 17.8 Å². The highest BCUT2D eigenvalue weighted by Gasteiger charge is 2.36. The van der Waals surface area contributed by atoms with E-state index in [9.17, 15) is 14.4 Å². The van der Waals surface area contributed by atoms with Gasteiger partial charge in [-0.05, 0) is 47.9 Å². The minimum absolute atomic E-state index is 0.211. The Morgan fingerprint density at radius 1 is 1.16 bits per heavy atom. The van der Waals surface area contributed by atoms with Gasteiger partial charge in [-0.25, -0.2) is 9.69 Å². The molecule has 1 fully saturated rings. The number of aryl methyl sites for hydroxylation is 1. The van der Waals surface area contributed by atoms with Gasteiger partial charge in [-0.1, -0.05) is 43.3 Å². The second kappa shape index (κ2) is 9.49. The van der Waals surface area contributed by atoms with E-state index in [0.717, 1.165) is 16.9 Å². The zero-order chi connectivity index (χ0) is 22.5. The number of benzene rings is 2. The van der Waals surface area contributed by atoms with Gasteiger partial charge in [0.15, 0.2) is 11.5 Å². The molecule has 8 heteroatoms. The highest BCUT2D eigenvalue weighted by Crippen LogP contribution is 2.37. The number of ether oxygens (including phenoxy) is 2. The summed E-state index contributed by atoms with van der Waals surface area (Å²) in [6, 6.07) is 9.27. The number of imide groups is 2. The Morgan fingerprint density at radius 2 is 1.87 bits per heavy atom. The summed E-state index contributed by atoms with van der Waals surface area (Å²) in [7, 11) is 1.45. The Labute approximate surface area is 184 Å². The first-order chi connectivity index (χ1) is 14.9. The Balaban J connectivity index is 1.99. The lowest BCUT2D eigenvalue weighted by molar-refractivity contribution is -0.122. The predicted molar refractivity (Wildman–Crippen MR) is 119 cm³/mol. The number of carbonyl (C=O) groups excluding carboxylic acids is 3. The molecule has 1 heterocycles. The molecule has 0 bridgehead atoms. The normalized spacial score (nSPS) is 15.1. The van der Waals surface area contributed by atoms with Gasteiger partial charge in [0.2, 0.25) is 0 Å². The number of urea groups is 1. The number of rotatable bonds is 7. The van der Waals surface area contributed by atoms with Crippen LogP contribution in [0.2, 0.25) is 5.02 Å². The van der Waals surface area contributed by atoms with Crippen molar-refractivity contribution < 1.29 is 23.9 Å². The van der Waals surface area contributed by atoms with Gasteiger partial charge in [-0.3, -0.25) is 14.9 Å².